The highest BCUT2D eigenvalue weighted by molar-refractivity contribution is 7.89. The van der Waals surface area contributed by atoms with Crippen molar-refractivity contribution in [3.63, 3.8) is 0 Å². The third-order valence-corrected chi connectivity index (χ3v) is 4.00. The molecule has 17 heavy (non-hydrogen) atoms. The van der Waals surface area contributed by atoms with Crippen molar-refractivity contribution in [2.24, 2.45) is 0 Å². The summed E-state index contributed by atoms with van der Waals surface area (Å²) in [5.74, 6) is 0. The average molecular weight is 256 g/mol. The lowest BCUT2D eigenvalue weighted by Gasteiger charge is -2.23. The molecule has 1 heterocycles. The van der Waals surface area contributed by atoms with Gasteiger partial charge in [0.15, 0.2) is 0 Å². The molecule has 2 N–H and O–H groups in total. The first-order valence-corrected chi connectivity index (χ1v) is 7.04. The van der Waals surface area contributed by atoms with Crippen molar-refractivity contribution in [1.82, 2.24) is 10.0 Å². The van der Waals surface area contributed by atoms with Crippen LogP contribution in [0.3, 0.4) is 0 Å². The van der Waals surface area contributed by atoms with E-state index in [2.05, 4.69) is 10.0 Å². The van der Waals surface area contributed by atoms with Crippen LogP contribution in [-0.4, -0.2) is 40.8 Å². The van der Waals surface area contributed by atoms with Crippen LogP contribution >= 0.6 is 0 Å². The molecule has 0 aromatic heterocycles. The van der Waals surface area contributed by atoms with Gasteiger partial charge in [0.2, 0.25) is 10.0 Å². The average Bonchev–Trinajstić information content (AvgIpc) is 2.39. The summed E-state index contributed by atoms with van der Waals surface area (Å²) in [4.78, 5) is 0.281. The van der Waals surface area contributed by atoms with Crippen molar-refractivity contribution < 1.29 is 13.2 Å². The van der Waals surface area contributed by atoms with Crippen LogP contribution in [0.25, 0.3) is 0 Å². The fourth-order valence-corrected chi connectivity index (χ4v) is 2.72. The van der Waals surface area contributed by atoms with E-state index in [1.807, 2.05) is 0 Å². The minimum absolute atomic E-state index is 0.0952. The van der Waals surface area contributed by atoms with E-state index in [0.717, 1.165) is 6.54 Å². The molecule has 1 atom stereocenters. The van der Waals surface area contributed by atoms with E-state index in [1.54, 1.807) is 30.3 Å². The van der Waals surface area contributed by atoms with Crippen LogP contribution in [0.15, 0.2) is 35.2 Å². The number of hydrogen-bond acceptors (Lipinski definition) is 4. The maximum absolute atomic E-state index is 11.9. The van der Waals surface area contributed by atoms with E-state index in [4.69, 9.17) is 4.74 Å². The van der Waals surface area contributed by atoms with Crippen molar-refractivity contribution >= 4 is 10.0 Å². The number of morpholine rings is 1. The van der Waals surface area contributed by atoms with Gasteiger partial charge in [-0.15, -0.1) is 0 Å². The fraction of sp³-hybridized carbons (Fsp3) is 0.455. The van der Waals surface area contributed by atoms with Crippen LogP contribution in [0.4, 0.5) is 0 Å². The Balaban J connectivity index is 1.94. The Kier molecular flexibility index (Phi) is 4.11. The Hall–Kier alpha value is -0.950. The summed E-state index contributed by atoms with van der Waals surface area (Å²) < 4.78 is 31.7. The second-order valence-corrected chi connectivity index (χ2v) is 5.63. The molecule has 0 saturated carbocycles. The third-order valence-electron chi connectivity index (χ3n) is 2.56. The van der Waals surface area contributed by atoms with E-state index < -0.39 is 10.0 Å². The molecule has 1 aromatic carbocycles. The summed E-state index contributed by atoms with van der Waals surface area (Å²) in [6.45, 7) is 2.42. The molecule has 2 rings (SSSR count). The predicted molar refractivity (Wildman–Crippen MR) is 64.2 cm³/mol. The lowest BCUT2D eigenvalue weighted by molar-refractivity contribution is 0.0324. The summed E-state index contributed by atoms with van der Waals surface area (Å²) in [5, 5.41) is 3.15. The maximum atomic E-state index is 11.9. The molecule has 1 unspecified atom stereocenters. The Bertz CT molecular complexity index is 441. The zero-order valence-corrected chi connectivity index (χ0v) is 10.2. The third kappa shape index (κ3) is 3.50. The van der Waals surface area contributed by atoms with Gasteiger partial charge in [-0.05, 0) is 12.1 Å². The van der Waals surface area contributed by atoms with Crippen molar-refractivity contribution in [2.45, 2.75) is 11.0 Å². The molecule has 0 spiro atoms. The highest BCUT2D eigenvalue weighted by atomic mass is 32.2. The number of benzene rings is 1. The van der Waals surface area contributed by atoms with Gasteiger partial charge in [-0.3, -0.25) is 0 Å². The van der Waals surface area contributed by atoms with Crippen molar-refractivity contribution in [2.75, 3.05) is 26.2 Å². The Morgan fingerprint density at radius 2 is 2.12 bits per heavy atom. The van der Waals surface area contributed by atoms with Gasteiger partial charge in [0.1, 0.15) is 0 Å². The molecule has 94 valence electrons. The van der Waals surface area contributed by atoms with Crippen molar-refractivity contribution in [3.05, 3.63) is 30.3 Å². The van der Waals surface area contributed by atoms with Gasteiger partial charge in [-0.25, -0.2) is 13.1 Å². The number of rotatable bonds is 4. The second kappa shape index (κ2) is 5.59. The number of hydrogen-bond donors (Lipinski definition) is 2. The van der Waals surface area contributed by atoms with Crippen LogP contribution in [0.2, 0.25) is 0 Å². The standard InChI is InChI=1S/C11H16N2O3S/c14-17(15,11-4-2-1-3-5-11)13-9-10-8-12-6-7-16-10/h1-5,10,12-13H,6-9H2. The van der Waals surface area contributed by atoms with Crippen LogP contribution in [0.5, 0.6) is 0 Å². The van der Waals surface area contributed by atoms with E-state index in [1.165, 1.54) is 0 Å². The summed E-state index contributed by atoms with van der Waals surface area (Å²) >= 11 is 0. The molecule has 1 saturated heterocycles. The quantitative estimate of drug-likeness (QED) is 0.793. The lowest BCUT2D eigenvalue weighted by atomic mass is 10.3. The zero-order chi connectivity index (χ0) is 12.1. The molecule has 1 aromatic rings. The van der Waals surface area contributed by atoms with Crippen LogP contribution in [0, 0.1) is 0 Å². The van der Waals surface area contributed by atoms with E-state index in [9.17, 15) is 8.42 Å². The normalized spacial score (nSPS) is 21.3. The van der Waals surface area contributed by atoms with E-state index >= 15 is 0 Å². The van der Waals surface area contributed by atoms with E-state index in [-0.39, 0.29) is 11.0 Å². The second-order valence-electron chi connectivity index (χ2n) is 3.86. The molecule has 6 heteroatoms. The molecule has 0 amide bonds. The smallest absolute Gasteiger partial charge is 0.240 e. The lowest BCUT2D eigenvalue weighted by Crippen LogP contribution is -2.45. The predicted octanol–water partition coefficient (Wildman–Crippen LogP) is -0.0467. The molecule has 1 aliphatic heterocycles. The van der Waals surface area contributed by atoms with Crippen molar-refractivity contribution in [3.8, 4) is 0 Å². The van der Waals surface area contributed by atoms with Gasteiger partial charge in [0.25, 0.3) is 0 Å². The summed E-state index contributed by atoms with van der Waals surface area (Å²) in [5.41, 5.74) is 0. The molecular formula is C11H16N2O3S. The Morgan fingerprint density at radius 1 is 1.35 bits per heavy atom. The summed E-state index contributed by atoms with van der Waals surface area (Å²) in [6, 6.07) is 8.33. The first kappa shape index (κ1) is 12.5. The molecule has 1 fully saturated rings. The minimum Gasteiger partial charge on any atom is -0.374 e. The molecular weight excluding hydrogens is 240 g/mol. The monoisotopic (exact) mass is 256 g/mol. The molecule has 5 nitrogen and oxygen atoms in total. The van der Waals surface area contributed by atoms with Gasteiger partial charge in [0, 0.05) is 19.6 Å². The van der Waals surface area contributed by atoms with Gasteiger partial charge in [0.05, 0.1) is 17.6 Å². The molecule has 0 radical (unpaired) electrons. The topological polar surface area (TPSA) is 67.4 Å². The maximum Gasteiger partial charge on any atom is 0.240 e. The summed E-state index contributed by atoms with van der Waals surface area (Å²) in [7, 11) is -3.42. The van der Waals surface area contributed by atoms with Crippen LogP contribution in [-0.2, 0) is 14.8 Å². The van der Waals surface area contributed by atoms with Crippen molar-refractivity contribution in [1.29, 1.82) is 0 Å². The SMILES string of the molecule is O=S(=O)(NCC1CNCCO1)c1ccccc1. The summed E-state index contributed by atoms with van der Waals surface area (Å²) in [6.07, 6.45) is -0.0952. The van der Waals surface area contributed by atoms with Gasteiger partial charge in [-0.2, -0.15) is 0 Å². The highest BCUT2D eigenvalue weighted by Gasteiger charge is 2.18. The Morgan fingerprint density at radius 3 is 2.76 bits per heavy atom. The minimum atomic E-state index is -3.42. The Labute approximate surface area is 101 Å². The first-order chi connectivity index (χ1) is 8.18. The van der Waals surface area contributed by atoms with Crippen LogP contribution < -0.4 is 10.0 Å². The largest absolute Gasteiger partial charge is 0.374 e. The number of nitrogens with one attached hydrogen (secondary N) is 2. The number of ether oxygens (including phenoxy) is 1. The molecule has 1 aliphatic rings. The van der Waals surface area contributed by atoms with E-state index in [0.29, 0.717) is 19.7 Å². The zero-order valence-electron chi connectivity index (χ0n) is 9.43. The van der Waals surface area contributed by atoms with Gasteiger partial charge < -0.3 is 10.1 Å². The van der Waals surface area contributed by atoms with Gasteiger partial charge in [-0.1, -0.05) is 18.2 Å². The number of sulfonamides is 1. The highest BCUT2D eigenvalue weighted by Crippen LogP contribution is 2.07. The fourth-order valence-electron chi connectivity index (χ4n) is 1.64. The molecule has 0 aliphatic carbocycles. The van der Waals surface area contributed by atoms with Gasteiger partial charge >= 0.3 is 0 Å². The van der Waals surface area contributed by atoms with Crippen LogP contribution in [0.1, 0.15) is 0 Å². The molecule has 0 bridgehead atoms. The first-order valence-electron chi connectivity index (χ1n) is 5.55.